The van der Waals surface area contributed by atoms with E-state index in [0.717, 1.165) is 86.0 Å². The summed E-state index contributed by atoms with van der Waals surface area (Å²) in [7, 11) is 1.61. The van der Waals surface area contributed by atoms with Crippen LogP contribution in [-0.4, -0.2) is 84.8 Å². The first kappa shape index (κ1) is 17.6. The number of anilines is 1. The molecule has 0 aromatic carbocycles. The normalized spacial score (nSPS) is 28.8. The molecular formula is C16H29ClN6O+2. The molecule has 0 saturated carbocycles. The molecule has 8 heteroatoms. The first-order valence-electron chi connectivity index (χ1n) is 8.97. The molecule has 3 aliphatic heterocycles. The Hall–Kier alpha value is -1.18. The number of quaternary nitrogens is 2. The van der Waals surface area contributed by atoms with E-state index in [0.29, 0.717) is 12.0 Å². The summed E-state index contributed by atoms with van der Waals surface area (Å²) in [5.41, 5.74) is 0. The number of alkyl halides is 1. The van der Waals surface area contributed by atoms with Crippen LogP contribution in [0.25, 0.3) is 0 Å². The van der Waals surface area contributed by atoms with Crippen LogP contribution in [0.15, 0.2) is 0 Å². The van der Waals surface area contributed by atoms with Crippen molar-refractivity contribution in [3.05, 3.63) is 0 Å². The molecule has 0 unspecified atom stereocenters. The van der Waals surface area contributed by atoms with Gasteiger partial charge >= 0.3 is 12.0 Å². The van der Waals surface area contributed by atoms with Gasteiger partial charge in [0.05, 0.1) is 19.5 Å². The van der Waals surface area contributed by atoms with Gasteiger partial charge in [0.25, 0.3) is 0 Å². The number of hydrogen-bond donors (Lipinski definition) is 1. The Kier molecular flexibility index (Phi) is 5.42. The Labute approximate surface area is 149 Å². The molecule has 0 spiro atoms. The molecule has 4 heterocycles. The van der Waals surface area contributed by atoms with Gasteiger partial charge in [-0.15, -0.1) is 21.6 Å². The van der Waals surface area contributed by atoms with Gasteiger partial charge in [-0.25, -0.2) is 4.48 Å². The molecule has 134 valence electrons. The Bertz CT molecular complexity index is 545. The van der Waals surface area contributed by atoms with E-state index in [4.69, 9.17) is 21.3 Å². The van der Waals surface area contributed by atoms with Gasteiger partial charge in [0.2, 0.25) is 5.95 Å². The lowest BCUT2D eigenvalue weighted by atomic mass is 10.1. The van der Waals surface area contributed by atoms with Crippen molar-refractivity contribution >= 4 is 23.5 Å². The first-order chi connectivity index (χ1) is 11.7. The number of nitrogens with one attached hydrogen (secondary N) is 1. The number of hydrogen-bond acceptors (Lipinski definition) is 5. The molecule has 3 aliphatic rings. The standard InChI is InChI=1S/C16H29ClN6O/c1-3-4-6-18-14-19-15(21-16(20-14)24-2)23-11-8-22(7-5-17,9-12-23)10-13-23/h3-13H2,1-2H3,(H,18,19,20,21)/q+2. The van der Waals surface area contributed by atoms with Crippen molar-refractivity contribution in [2.24, 2.45) is 0 Å². The zero-order valence-electron chi connectivity index (χ0n) is 14.8. The Morgan fingerprint density at radius 3 is 2.38 bits per heavy atom. The summed E-state index contributed by atoms with van der Waals surface area (Å²) in [4.78, 5) is 13.7. The summed E-state index contributed by atoms with van der Waals surface area (Å²) >= 11 is 6.01. The number of nitrogens with zero attached hydrogens (tertiary/aromatic N) is 5. The third-order valence-electron chi connectivity index (χ3n) is 5.59. The Morgan fingerprint density at radius 2 is 1.79 bits per heavy atom. The van der Waals surface area contributed by atoms with Gasteiger partial charge in [0, 0.05) is 6.54 Å². The minimum Gasteiger partial charge on any atom is -0.467 e. The molecule has 0 amide bonds. The molecule has 1 aromatic rings. The summed E-state index contributed by atoms with van der Waals surface area (Å²) in [6.07, 6.45) is 2.24. The number of ether oxygens (including phenoxy) is 1. The smallest absolute Gasteiger partial charge is 0.337 e. The highest BCUT2D eigenvalue weighted by atomic mass is 35.5. The molecule has 1 N–H and O–H groups in total. The number of unbranched alkanes of at least 4 members (excludes halogenated alkanes) is 1. The van der Waals surface area contributed by atoms with Gasteiger partial charge in [0.1, 0.15) is 39.3 Å². The highest BCUT2D eigenvalue weighted by Crippen LogP contribution is 2.31. The summed E-state index contributed by atoms with van der Waals surface area (Å²) in [6, 6.07) is 0.407. The molecule has 0 atom stereocenters. The molecule has 3 fully saturated rings. The van der Waals surface area contributed by atoms with E-state index in [9.17, 15) is 0 Å². The van der Waals surface area contributed by atoms with E-state index in [-0.39, 0.29) is 0 Å². The SMILES string of the molecule is CCCCNc1nc(OC)nc([N+]23CC[N+](CCCl)(CC2)CC3)n1. The van der Waals surface area contributed by atoms with Gasteiger partial charge in [-0.05, 0) is 6.42 Å². The highest BCUT2D eigenvalue weighted by molar-refractivity contribution is 6.17. The lowest BCUT2D eigenvalue weighted by molar-refractivity contribution is -0.938. The van der Waals surface area contributed by atoms with Gasteiger partial charge in [-0.3, -0.25) is 0 Å². The molecule has 24 heavy (non-hydrogen) atoms. The minimum absolute atomic E-state index is 0.407. The van der Waals surface area contributed by atoms with Crippen molar-refractivity contribution in [2.75, 3.05) is 70.7 Å². The lowest BCUT2D eigenvalue weighted by Crippen LogP contribution is -2.76. The number of piperazine rings is 3. The summed E-state index contributed by atoms with van der Waals surface area (Å²) < 4.78 is 7.33. The molecule has 2 bridgehead atoms. The largest absolute Gasteiger partial charge is 0.467 e. The van der Waals surface area contributed by atoms with Crippen molar-refractivity contribution in [3.63, 3.8) is 0 Å². The van der Waals surface area contributed by atoms with Crippen LogP contribution in [0.4, 0.5) is 11.9 Å². The van der Waals surface area contributed by atoms with Gasteiger partial charge in [-0.1, -0.05) is 13.3 Å². The Morgan fingerprint density at radius 1 is 1.08 bits per heavy atom. The quantitative estimate of drug-likeness (QED) is 0.434. The topological polar surface area (TPSA) is 59.9 Å². The summed E-state index contributed by atoms with van der Waals surface area (Å²) in [6.45, 7) is 10.8. The molecule has 7 nitrogen and oxygen atoms in total. The summed E-state index contributed by atoms with van der Waals surface area (Å²) in [5, 5.41) is 3.31. The van der Waals surface area contributed by atoms with E-state index in [1.807, 2.05) is 0 Å². The number of rotatable bonds is 8. The molecule has 1 aromatic heterocycles. The second-order valence-corrected chi connectivity index (χ2v) is 7.35. The lowest BCUT2D eigenvalue weighted by Gasteiger charge is -2.53. The van der Waals surface area contributed by atoms with Crippen molar-refractivity contribution in [1.29, 1.82) is 0 Å². The van der Waals surface area contributed by atoms with E-state index < -0.39 is 0 Å². The van der Waals surface area contributed by atoms with Gasteiger partial charge < -0.3 is 14.5 Å². The van der Waals surface area contributed by atoms with Crippen molar-refractivity contribution in [3.8, 4) is 6.01 Å². The third kappa shape index (κ3) is 3.43. The van der Waals surface area contributed by atoms with E-state index in [2.05, 4.69) is 22.2 Å². The maximum absolute atomic E-state index is 6.01. The highest BCUT2D eigenvalue weighted by Gasteiger charge is 2.51. The Balaban J connectivity index is 1.80. The fourth-order valence-corrected chi connectivity index (χ4v) is 4.16. The minimum atomic E-state index is 0.407. The van der Waals surface area contributed by atoms with Crippen LogP contribution in [0, 0.1) is 0 Å². The fourth-order valence-electron chi connectivity index (χ4n) is 3.80. The molecule has 0 aliphatic carbocycles. The van der Waals surface area contributed by atoms with Crippen LogP contribution in [0.2, 0.25) is 0 Å². The maximum atomic E-state index is 6.01. The first-order valence-corrected chi connectivity index (χ1v) is 9.50. The average molecular weight is 357 g/mol. The second kappa shape index (κ2) is 7.37. The van der Waals surface area contributed by atoms with Crippen LogP contribution in [0.5, 0.6) is 6.01 Å². The number of fused-ring (bicyclic) bond motifs is 3. The van der Waals surface area contributed by atoms with Crippen LogP contribution in [0.3, 0.4) is 0 Å². The van der Waals surface area contributed by atoms with Crippen LogP contribution in [-0.2, 0) is 0 Å². The second-order valence-electron chi connectivity index (χ2n) is 6.97. The fraction of sp³-hybridized carbons (Fsp3) is 0.812. The number of halogens is 1. The predicted octanol–water partition coefficient (Wildman–Crippen LogP) is 1.48. The van der Waals surface area contributed by atoms with Crippen LogP contribution in [0.1, 0.15) is 19.8 Å². The molecule has 0 radical (unpaired) electrons. The van der Waals surface area contributed by atoms with Gasteiger partial charge in [0.15, 0.2) is 0 Å². The zero-order chi connectivity index (χ0) is 17.0. The third-order valence-corrected chi connectivity index (χ3v) is 5.76. The monoisotopic (exact) mass is 356 g/mol. The maximum Gasteiger partial charge on any atom is 0.337 e. The number of methoxy groups -OCH3 is 1. The van der Waals surface area contributed by atoms with E-state index >= 15 is 0 Å². The summed E-state index contributed by atoms with van der Waals surface area (Å²) in [5.74, 6) is 2.23. The predicted molar refractivity (Wildman–Crippen MR) is 96.6 cm³/mol. The van der Waals surface area contributed by atoms with E-state index in [1.54, 1.807) is 7.11 Å². The zero-order valence-corrected chi connectivity index (χ0v) is 15.6. The van der Waals surface area contributed by atoms with Crippen molar-refractivity contribution in [1.82, 2.24) is 19.4 Å². The van der Waals surface area contributed by atoms with Gasteiger partial charge in [-0.2, -0.15) is 4.98 Å². The van der Waals surface area contributed by atoms with Crippen LogP contribution >= 0.6 is 11.6 Å². The number of aromatic nitrogens is 3. The average Bonchev–Trinajstić information content (AvgIpc) is 2.63. The van der Waals surface area contributed by atoms with Crippen molar-refractivity contribution < 1.29 is 9.22 Å². The van der Waals surface area contributed by atoms with Crippen molar-refractivity contribution in [2.45, 2.75) is 19.8 Å². The van der Waals surface area contributed by atoms with E-state index in [1.165, 1.54) is 0 Å². The molecule has 4 rings (SSSR count). The molecule has 3 saturated heterocycles. The molecular weight excluding hydrogens is 328 g/mol. The van der Waals surface area contributed by atoms with Crippen LogP contribution < -0.4 is 14.5 Å².